The van der Waals surface area contributed by atoms with E-state index in [4.69, 9.17) is 11.6 Å². The normalized spacial score (nSPS) is 10.7. The Labute approximate surface area is 137 Å². The lowest BCUT2D eigenvalue weighted by atomic mass is 10.2. The zero-order valence-corrected chi connectivity index (χ0v) is 12.9. The number of H-pyrrole nitrogens is 1. The summed E-state index contributed by atoms with van der Waals surface area (Å²) in [6.45, 7) is 0. The first-order chi connectivity index (χ1) is 11.1. The Balaban J connectivity index is 1.68. The first-order valence-corrected chi connectivity index (χ1v) is 7.53. The van der Waals surface area contributed by atoms with Crippen molar-refractivity contribution in [3.63, 3.8) is 0 Å². The maximum Gasteiger partial charge on any atom is 0.270 e. The molecule has 5 nitrogen and oxygen atoms in total. The van der Waals surface area contributed by atoms with Gasteiger partial charge in [0.2, 0.25) is 5.91 Å². The van der Waals surface area contributed by atoms with E-state index in [2.05, 4.69) is 15.3 Å². The average Bonchev–Trinajstić information content (AvgIpc) is 2.55. The third kappa shape index (κ3) is 3.76. The van der Waals surface area contributed by atoms with Crippen LogP contribution < -0.4 is 10.9 Å². The summed E-state index contributed by atoms with van der Waals surface area (Å²) < 4.78 is 0. The number of aryl methyl sites for hydroxylation is 1. The molecule has 0 radical (unpaired) electrons. The Morgan fingerprint density at radius 3 is 2.65 bits per heavy atom. The molecule has 1 heterocycles. The monoisotopic (exact) mass is 327 g/mol. The van der Waals surface area contributed by atoms with E-state index < -0.39 is 0 Å². The highest BCUT2D eigenvalue weighted by Crippen LogP contribution is 2.14. The van der Waals surface area contributed by atoms with E-state index in [9.17, 15) is 9.59 Å². The molecule has 0 unspecified atom stereocenters. The minimum absolute atomic E-state index is 0.178. The molecule has 0 aliphatic rings. The molecule has 3 rings (SSSR count). The summed E-state index contributed by atoms with van der Waals surface area (Å²) in [5.74, 6) is -0.179. The molecular weight excluding hydrogens is 314 g/mol. The van der Waals surface area contributed by atoms with Gasteiger partial charge < -0.3 is 10.3 Å². The number of anilines is 1. The Kier molecular flexibility index (Phi) is 4.39. The van der Waals surface area contributed by atoms with Gasteiger partial charge in [-0.05, 0) is 36.4 Å². The van der Waals surface area contributed by atoms with E-state index in [-0.39, 0.29) is 24.3 Å². The van der Waals surface area contributed by atoms with Gasteiger partial charge in [0.25, 0.3) is 5.56 Å². The van der Waals surface area contributed by atoms with Gasteiger partial charge in [-0.3, -0.25) is 9.59 Å². The number of fused-ring (bicyclic) bond motifs is 1. The van der Waals surface area contributed by atoms with E-state index in [1.165, 1.54) is 0 Å². The van der Waals surface area contributed by atoms with Crippen LogP contribution in [0.2, 0.25) is 5.02 Å². The highest BCUT2D eigenvalue weighted by molar-refractivity contribution is 6.30. The predicted molar refractivity (Wildman–Crippen MR) is 90.8 cm³/mol. The summed E-state index contributed by atoms with van der Waals surface area (Å²) in [5.41, 5.74) is 2.16. The molecule has 2 N–H and O–H groups in total. The maximum atomic E-state index is 12.0. The van der Waals surface area contributed by atoms with E-state index in [0.717, 1.165) is 0 Å². The Morgan fingerprint density at radius 1 is 1.13 bits per heavy atom. The number of aromatic amines is 1. The van der Waals surface area contributed by atoms with Gasteiger partial charge in [-0.15, -0.1) is 0 Å². The van der Waals surface area contributed by atoms with Crippen LogP contribution in [0.15, 0.2) is 53.3 Å². The van der Waals surface area contributed by atoms with Gasteiger partial charge in [0.05, 0.1) is 11.0 Å². The molecule has 0 aliphatic carbocycles. The predicted octanol–water partition coefficient (Wildman–Crippen LogP) is 3.15. The van der Waals surface area contributed by atoms with Crippen molar-refractivity contribution in [2.45, 2.75) is 12.8 Å². The molecule has 0 saturated heterocycles. The Hall–Kier alpha value is -2.66. The summed E-state index contributed by atoms with van der Waals surface area (Å²) in [6, 6.07) is 14.1. The number of carbonyl (C=O) groups excluding carboxylic acids is 1. The summed E-state index contributed by atoms with van der Waals surface area (Å²) in [5, 5.41) is 3.36. The average molecular weight is 328 g/mol. The number of para-hydroxylation sites is 2. The number of halogens is 1. The number of rotatable bonds is 4. The highest BCUT2D eigenvalue weighted by Gasteiger charge is 2.08. The van der Waals surface area contributed by atoms with Crippen LogP contribution in [-0.2, 0) is 11.2 Å². The molecule has 1 aromatic heterocycles. The van der Waals surface area contributed by atoms with Crippen molar-refractivity contribution in [3.8, 4) is 0 Å². The van der Waals surface area contributed by atoms with Gasteiger partial charge in [-0.25, -0.2) is 4.98 Å². The Bertz CT molecular complexity index is 904. The molecule has 0 fully saturated rings. The van der Waals surface area contributed by atoms with E-state index >= 15 is 0 Å². The van der Waals surface area contributed by atoms with Crippen LogP contribution in [0.25, 0.3) is 11.0 Å². The molecule has 116 valence electrons. The topological polar surface area (TPSA) is 74.8 Å². The molecule has 6 heteroatoms. The van der Waals surface area contributed by atoms with E-state index in [1.807, 2.05) is 18.2 Å². The maximum absolute atomic E-state index is 12.0. The smallest absolute Gasteiger partial charge is 0.270 e. The van der Waals surface area contributed by atoms with Gasteiger partial charge in [-0.1, -0.05) is 23.7 Å². The van der Waals surface area contributed by atoms with Crippen LogP contribution in [0.1, 0.15) is 12.1 Å². The minimum Gasteiger partial charge on any atom is -0.326 e. The number of nitrogens with one attached hydrogen (secondary N) is 2. The lowest BCUT2D eigenvalue weighted by Crippen LogP contribution is -2.18. The second kappa shape index (κ2) is 6.62. The van der Waals surface area contributed by atoms with Crippen LogP contribution >= 0.6 is 11.6 Å². The lowest BCUT2D eigenvalue weighted by Gasteiger charge is -2.05. The molecule has 23 heavy (non-hydrogen) atoms. The van der Waals surface area contributed by atoms with Gasteiger partial charge in [0.15, 0.2) is 0 Å². The number of hydrogen-bond acceptors (Lipinski definition) is 3. The fourth-order valence-corrected chi connectivity index (χ4v) is 2.35. The first kappa shape index (κ1) is 15.2. The number of carbonyl (C=O) groups is 1. The summed E-state index contributed by atoms with van der Waals surface area (Å²) in [7, 11) is 0. The van der Waals surface area contributed by atoms with Gasteiger partial charge >= 0.3 is 0 Å². The molecule has 3 aromatic rings. The van der Waals surface area contributed by atoms with Crippen molar-refractivity contribution in [2.24, 2.45) is 0 Å². The second-order valence-corrected chi connectivity index (χ2v) is 5.52. The van der Waals surface area contributed by atoms with Gasteiger partial charge in [-0.2, -0.15) is 0 Å². The minimum atomic E-state index is -0.261. The second-order valence-electron chi connectivity index (χ2n) is 5.08. The molecule has 2 aromatic carbocycles. The molecule has 0 spiro atoms. The quantitative estimate of drug-likeness (QED) is 0.773. The van der Waals surface area contributed by atoms with Crippen molar-refractivity contribution in [1.29, 1.82) is 0 Å². The highest BCUT2D eigenvalue weighted by atomic mass is 35.5. The fraction of sp³-hybridized carbons (Fsp3) is 0.118. The van der Waals surface area contributed by atoms with Crippen molar-refractivity contribution in [2.75, 3.05) is 5.32 Å². The van der Waals surface area contributed by atoms with Gasteiger partial charge in [0, 0.05) is 23.6 Å². The van der Waals surface area contributed by atoms with E-state index in [0.29, 0.717) is 27.4 Å². The third-order valence-electron chi connectivity index (χ3n) is 3.39. The zero-order chi connectivity index (χ0) is 16.2. The van der Waals surface area contributed by atoms with Crippen molar-refractivity contribution in [1.82, 2.24) is 9.97 Å². The number of benzene rings is 2. The molecular formula is C17H14ClN3O2. The van der Waals surface area contributed by atoms with Crippen LogP contribution in [0.4, 0.5) is 5.69 Å². The molecule has 1 amide bonds. The summed E-state index contributed by atoms with van der Waals surface area (Å²) >= 11 is 5.80. The van der Waals surface area contributed by atoms with Crippen molar-refractivity contribution < 1.29 is 4.79 Å². The largest absolute Gasteiger partial charge is 0.326 e. The molecule has 0 bridgehead atoms. The lowest BCUT2D eigenvalue weighted by molar-refractivity contribution is -0.116. The summed E-state index contributed by atoms with van der Waals surface area (Å²) in [4.78, 5) is 31.0. The van der Waals surface area contributed by atoms with Crippen molar-refractivity contribution >= 4 is 34.2 Å². The molecule has 0 atom stereocenters. The van der Waals surface area contributed by atoms with Crippen molar-refractivity contribution in [3.05, 3.63) is 69.6 Å². The number of nitrogens with zero attached hydrogens (tertiary/aromatic N) is 1. The third-order valence-corrected chi connectivity index (χ3v) is 3.64. The molecule has 0 aliphatic heterocycles. The van der Waals surface area contributed by atoms with Crippen LogP contribution in [0.5, 0.6) is 0 Å². The van der Waals surface area contributed by atoms with Crippen LogP contribution in [-0.4, -0.2) is 15.9 Å². The summed E-state index contributed by atoms with van der Waals surface area (Å²) in [6.07, 6.45) is 0.455. The SMILES string of the molecule is O=C(CCc1nc2ccccc2[nH]c1=O)Nc1ccc(Cl)cc1. The Morgan fingerprint density at radius 2 is 1.87 bits per heavy atom. The fourth-order valence-electron chi connectivity index (χ4n) is 2.23. The zero-order valence-electron chi connectivity index (χ0n) is 12.2. The number of hydrogen-bond donors (Lipinski definition) is 2. The van der Waals surface area contributed by atoms with Gasteiger partial charge in [0.1, 0.15) is 5.69 Å². The van der Waals surface area contributed by atoms with Crippen LogP contribution in [0.3, 0.4) is 0 Å². The van der Waals surface area contributed by atoms with E-state index in [1.54, 1.807) is 30.3 Å². The molecule has 0 saturated carbocycles. The first-order valence-electron chi connectivity index (χ1n) is 7.15. The number of amides is 1. The standard InChI is InChI=1S/C17H14ClN3O2/c18-11-5-7-12(8-6-11)19-16(22)10-9-15-17(23)21-14-4-2-1-3-13(14)20-15/h1-8H,9-10H2,(H,19,22)(H,21,23). The number of aromatic nitrogens is 2. The van der Waals surface area contributed by atoms with Crippen LogP contribution in [0, 0.1) is 0 Å².